The van der Waals surface area contributed by atoms with Gasteiger partial charge in [0.2, 0.25) is 5.88 Å². The Morgan fingerprint density at radius 1 is 0.433 bits per heavy atom. The fourth-order valence-corrected chi connectivity index (χ4v) is 18.9. The van der Waals surface area contributed by atoms with Crippen molar-refractivity contribution in [3.63, 3.8) is 0 Å². The van der Waals surface area contributed by atoms with E-state index in [2.05, 4.69) is 89.8 Å². The van der Waals surface area contributed by atoms with Gasteiger partial charge in [-0.25, -0.2) is 24.9 Å². The molecule has 5 aliphatic heterocycles. The number of pyridine rings is 5. The summed E-state index contributed by atoms with van der Waals surface area (Å²) in [6, 6.07) is 18.5. The highest BCUT2D eigenvalue weighted by Gasteiger charge is 2.49. The molecule has 0 unspecified atom stereocenters. The van der Waals surface area contributed by atoms with Crippen molar-refractivity contribution in [3.8, 4) is 67.6 Å². The molecule has 2 spiro atoms. The van der Waals surface area contributed by atoms with Gasteiger partial charge in [0, 0.05) is 153 Å². The Labute approximate surface area is 752 Å². The predicted molar refractivity (Wildman–Crippen MR) is 486 cm³/mol. The number of fused-ring (bicyclic) bond motifs is 5. The van der Waals surface area contributed by atoms with Crippen molar-refractivity contribution >= 4 is 74.9 Å². The number of Topliss-reactive ketones (excluding diaryl/α,β-unsaturated/α-hetero) is 5. The molecule has 1 atom stereocenters. The number of halogens is 1. The molecule has 24 nitrogen and oxygen atoms in total. The fraction of sp³-hybridized carbons (Fsp3) is 0.500. The minimum Gasteiger partial charge on any atom is -0.475 e. The van der Waals surface area contributed by atoms with Crippen LogP contribution in [0.5, 0.6) is 5.88 Å². The molecular formula is C102H116ClN11O13. The number of aliphatic hydroxyl groups is 1. The number of hydrogen-bond donors (Lipinski definition) is 1. The number of piperidine rings is 5. The number of ketones is 5. The van der Waals surface area contributed by atoms with Gasteiger partial charge in [0.15, 0.2) is 28.9 Å². The molecule has 8 aliphatic carbocycles. The first-order valence-corrected chi connectivity index (χ1v) is 44.7. The molecule has 25 heteroatoms. The maximum absolute atomic E-state index is 12.6. The number of methoxy groups -OCH3 is 5. The van der Waals surface area contributed by atoms with Gasteiger partial charge in [0.1, 0.15) is 17.5 Å². The largest absolute Gasteiger partial charge is 0.475 e. The number of allylic oxidation sites excluding steroid dienone is 5. The van der Waals surface area contributed by atoms with Crippen molar-refractivity contribution < 1.29 is 62.3 Å². The highest BCUT2D eigenvalue weighted by Crippen LogP contribution is 2.56. The summed E-state index contributed by atoms with van der Waals surface area (Å²) >= 11 is 6.07. The van der Waals surface area contributed by atoms with Crippen molar-refractivity contribution in [2.75, 3.05) is 128 Å². The van der Waals surface area contributed by atoms with E-state index in [0.29, 0.717) is 105 Å². The third-order valence-electron chi connectivity index (χ3n) is 28.0. The average molecular weight is 1740 g/mol. The van der Waals surface area contributed by atoms with Crippen molar-refractivity contribution in [1.29, 1.82) is 0 Å². The Kier molecular flexibility index (Phi) is 28.2. The summed E-state index contributed by atoms with van der Waals surface area (Å²) in [4.78, 5) is 111. The van der Waals surface area contributed by atoms with Crippen LogP contribution in [-0.4, -0.2) is 239 Å². The molecule has 10 heterocycles. The van der Waals surface area contributed by atoms with Crippen molar-refractivity contribution in [1.82, 2.24) is 54.3 Å². The van der Waals surface area contributed by atoms with Gasteiger partial charge in [0.25, 0.3) is 5.91 Å². The van der Waals surface area contributed by atoms with E-state index >= 15 is 0 Å². The van der Waals surface area contributed by atoms with E-state index in [1.807, 2.05) is 42.5 Å². The predicted octanol–water partition coefficient (Wildman–Crippen LogP) is 12.0. The molecule has 5 aromatic rings. The number of carbonyl (C=O) groups excluding carboxylic acids is 6. The van der Waals surface area contributed by atoms with E-state index in [0.717, 1.165) is 214 Å². The van der Waals surface area contributed by atoms with Gasteiger partial charge in [-0.1, -0.05) is 71.5 Å². The lowest BCUT2D eigenvalue weighted by Gasteiger charge is -2.41. The molecule has 127 heavy (non-hydrogen) atoms. The zero-order valence-corrected chi connectivity index (χ0v) is 75.8. The second kappa shape index (κ2) is 38.9. The molecule has 1 amide bonds. The van der Waals surface area contributed by atoms with Gasteiger partial charge < -0.3 is 62.9 Å². The van der Waals surface area contributed by atoms with Crippen LogP contribution in [0.4, 0.5) is 0 Å². The summed E-state index contributed by atoms with van der Waals surface area (Å²) in [6.07, 6.45) is 46.6. The van der Waals surface area contributed by atoms with Gasteiger partial charge in [0.05, 0.1) is 132 Å². The minimum absolute atomic E-state index is 0.00799. The first-order chi connectivity index (χ1) is 61.0. The third kappa shape index (κ3) is 20.1. The topological polar surface area (TPSA) is 262 Å². The number of ether oxygens (including phenoxy) is 6. The number of hydrogen-bond acceptors (Lipinski definition) is 23. The minimum atomic E-state index is -0.510. The van der Waals surface area contributed by atoms with E-state index in [9.17, 15) is 33.9 Å². The molecular weight excluding hydrogens is 1620 g/mol. The number of amides is 1. The van der Waals surface area contributed by atoms with E-state index in [1.165, 1.54) is 43.4 Å². The standard InChI is InChI=1S/C22H24N2O2.C21H23N3O2.C21H26N2O4.C20H24N2O3.C18H19ClN2O2/c1-2-16-18(25)13-15-5-6-17(21(26)14-3-4-14)23-19(15)20(16)24-11-9-22(7-8-22)10-12-24;1-4-15-17(25)13-14-5-6-16(20(26)23(2)3)22-18(14)19(15)24-11-9-21(7-8-21)10-12-24;1-5-16-17(24)14-15-6-7-18(27-13-12-25-3)22-19(15)20(16)23-10-8-21(2,26-4)9-11-23;1-5-16-17(23)12-14-6-7-15(13-24-3)21-18(14)19(16)22-10-8-20(2,25-4)9-11-22;1-4-13-14(22)11-12-5-6-15(19)20-16(12)17(13)21-9-7-18(2,23-3)8-10-21/h1,5-6,14,21,26H,3-4,7-13H2;1,5-6H,7-13H2,2-3H3;1,6-7H,8-14H2,2-4H3;1,6-7H,8-13H2,2-4H3;1,5-6H,7-11H2,2-3H3/t21-;;;;/m0..../s1. The lowest BCUT2D eigenvalue weighted by Crippen LogP contribution is -2.44. The molecule has 0 aromatic carbocycles. The van der Waals surface area contributed by atoms with E-state index in [-0.39, 0.29) is 70.9 Å². The zero-order chi connectivity index (χ0) is 90.4. The highest BCUT2D eigenvalue weighted by atomic mass is 35.5. The molecule has 13 aliphatic rings. The van der Waals surface area contributed by atoms with Crippen molar-refractivity contribution in [2.45, 2.75) is 185 Å². The van der Waals surface area contributed by atoms with Crippen LogP contribution in [-0.2, 0) is 86.4 Å². The molecule has 1 N–H and O–H groups in total. The van der Waals surface area contributed by atoms with Crippen LogP contribution >= 0.6 is 11.6 Å². The van der Waals surface area contributed by atoms with Gasteiger partial charge >= 0.3 is 0 Å². The Hall–Kier alpha value is -11.1. The maximum atomic E-state index is 12.6. The summed E-state index contributed by atoms with van der Waals surface area (Å²) in [5.41, 5.74) is 17.0. The molecule has 8 fully saturated rings. The molecule has 18 rings (SSSR count). The average Bonchev–Trinajstić information content (AvgIpc) is 1.46. The molecule has 0 radical (unpaired) electrons. The first-order valence-electron chi connectivity index (χ1n) is 44.3. The lowest BCUT2D eigenvalue weighted by molar-refractivity contribution is -0.115. The van der Waals surface area contributed by atoms with Crippen LogP contribution in [0, 0.1) is 78.5 Å². The van der Waals surface area contributed by atoms with Crippen LogP contribution in [0.15, 0.2) is 88.5 Å². The Bertz CT molecular complexity index is 5550. The second-order valence-electron chi connectivity index (χ2n) is 36.6. The Morgan fingerprint density at radius 2 is 0.764 bits per heavy atom. The molecule has 5 aromatic heterocycles. The van der Waals surface area contributed by atoms with Crippen LogP contribution in [0.3, 0.4) is 0 Å². The number of nitrogens with zero attached hydrogens (tertiary/aromatic N) is 11. The fourth-order valence-electron chi connectivity index (χ4n) is 18.7. The zero-order valence-electron chi connectivity index (χ0n) is 75.0. The normalized spacial score (nSPS) is 20.9. The molecule has 3 saturated carbocycles. The van der Waals surface area contributed by atoms with Gasteiger partial charge in [-0.2, -0.15) is 0 Å². The van der Waals surface area contributed by atoms with Crippen LogP contribution in [0.1, 0.15) is 208 Å². The van der Waals surface area contributed by atoms with Crippen LogP contribution < -0.4 is 4.74 Å². The van der Waals surface area contributed by atoms with Gasteiger partial charge in [-0.3, -0.25) is 28.8 Å². The molecule has 664 valence electrons. The third-order valence-corrected chi connectivity index (χ3v) is 28.2. The quantitative estimate of drug-likeness (QED) is 0.0515. The van der Waals surface area contributed by atoms with Crippen LogP contribution in [0.25, 0.3) is 28.5 Å². The maximum Gasteiger partial charge on any atom is 0.271 e. The summed E-state index contributed by atoms with van der Waals surface area (Å²) < 4.78 is 32.7. The summed E-state index contributed by atoms with van der Waals surface area (Å²) in [5, 5.41) is 10.9. The first kappa shape index (κ1) is 92.1. The smallest absolute Gasteiger partial charge is 0.271 e. The van der Waals surface area contributed by atoms with E-state index < -0.39 is 6.10 Å². The summed E-state index contributed by atoms with van der Waals surface area (Å²) in [5.74, 6) is 13.6. The van der Waals surface area contributed by atoms with Gasteiger partial charge in [-0.15, -0.1) is 32.1 Å². The SMILES string of the molecule is C#CC1=C(N2CCC(C)(OC)CC2)c2nc(COC)ccc2CC1=O.C#CC1=C(N2CCC(C)(OC)CC2)c2nc(Cl)ccc2CC1=O.C#CC1=C(N2CCC(C)(OC)CC2)c2nc(OCCOC)ccc2CC1=O.C#CC1=C(N2CCC3(CC2)CC3)c2nc(C(=O)N(C)C)ccc2CC1=O.C#CC1=C(N2CCC3(CC2)CC3)c2nc([C@@H](O)C3CC3)ccc2CC1=O. The van der Waals surface area contributed by atoms with E-state index in [1.54, 1.807) is 67.8 Å². The molecule has 0 bridgehead atoms. The van der Waals surface area contributed by atoms with Crippen molar-refractivity contribution in [3.05, 3.63) is 167 Å². The number of aliphatic hydroxyl groups excluding tert-OH is 1. The Morgan fingerprint density at radius 3 is 1.11 bits per heavy atom. The Balaban J connectivity index is 0.000000129. The van der Waals surface area contributed by atoms with Crippen molar-refractivity contribution in [2.24, 2.45) is 16.7 Å². The lowest BCUT2D eigenvalue weighted by atomic mass is 9.88. The number of carbonyl (C=O) groups is 6. The summed E-state index contributed by atoms with van der Waals surface area (Å²) in [7, 11) is 11.9. The second-order valence-corrected chi connectivity index (χ2v) is 36.9. The monoisotopic (exact) mass is 1740 g/mol. The summed E-state index contributed by atoms with van der Waals surface area (Å²) in [6.45, 7) is 15.9. The van der Waals surface area contributed by atoms with E-state index in [4.69, 9.17) is 82.1 Å². The highest BCUT2D eigenvalue weighted by molar-refractivity contribution is 6.29. The van der Waals surface area contributed by atoms with Crippen LogP contribution in [0.2, 0.25) is 5.15 Å². The number of rotatable bonds is 17. The number of likely N-dealkylation sites (tertiary alicyclic amines) is 5. The number of terminal acetylenes is 5. The van der Waals surface area contributed by atoms with Gasteiger partial charge in [-0.05, 0) is 192 Å². The number of aromatic nitrogens is 5. The molecule has 5 saturated heterocycles.